The molecule has 6 nitrogen and oxygen atoms in total. The van der Waals surface area contributed by atoms with Crippen molar-refractivity contribution in [3.63, 3.8) is 0 Å². The fraction of sp³-hybridized carbons (Fsp3) is 0.174. The predicted molar refractivity (Wildman–Crippen MR) is 122 cm³/mol. The number of amides is 3. The number of benzene rings is 2. The first kappa shape index (κ1) is 20.0. The van der Waals surface area contributed by atoms with Gasteiger partial charge in [0.1, 0.15) is 5.03 Å². The lowest BCUT2D eigenvalue weighted by Gasteiger charge is -2.28. The number of thioether (sulfide) groups is 1. The largest absolute Gasteiger partial charge is 0.326 e. The smallest absolute Gasteiger partial charge is 0.322 e. The van der Waals surface area contributed by atoms with E-state index >= 15 is 0 Å². The molecule has 1 aliphatic heterocycles. The Labute approximate surface area is 179 Å². The Morgan fingerprint density at radius 3 is 2.73 bits per heavy atom. The zero-order valence-electron chi connectivity index (χ0n) is 16.8. The summed E-state index contributed by atoms with van der Waals surface area (Å²) in [6.45, 7) is 4.58. The van der Waals surface area contributed by atoms with Crippen LogP contribution in [0, 0.1) is 13.8 Å². The van der Waals surface area contributed by atoms with Crippen LogP contribution in [0.2, 0.25) is 0 Å². The quantitative estimate of drug-likeness (QED) is 0.621. The number of aryl methyl sites for hydroxylation is 1. The molecule has 7 heteroatoms. The van der Waals surface area contributed by atoms with Crippen molar-refractivity contribution < 1.29 is 9.59 Å². The van der Waals surface area contributed by atoms with Crippen LogP contribution in [0.15, 0.2) is 65.8 Å². The lowest BCUT2D eigenvalue weighted by atomic mass is 10.1. The lowest BCUT2D eigenvalue weighted by molar-refractivity contribution is 0.102. The molecule has 0 radical (unpaired) electrons. The Kier molecular flexibility index (Phi) is 5.72. The number of nitrogens with zero attached hydrogens (tertiary/aromatic N) is 2. The summed E-state index contributed by atoms with van der Waals surface area (Å²) in [5.74, 6) is 0.569. The summed E-state index contributed by atoms with van der Waals surface area (Å²) >= 11 is 1.64. The Balaban J connectivity index is 1.49. The van der Waals surface area contributed by atoms with Gasteiger partial charge in [-0.2, -0.15) is 0 Å². The van der Waals surface area contributed by atoms with E-state index in [0.29, 0.717) is 17.8 Å². The normalized spacial score (nSPS) is 12.8. The van der Waals surface area contributed by atoms with Crippen molar-refractivity contribution in [3.8, 4) is 0 Å². The van der Waals surface area contributed by atoms with Gasteiger partial charge in [0.25, 0.3) is 5.91 Å². The topological polar surface area (TPSA) is 74.3 Å². The number of pyridine rings is 1. The van der Waals surface area contributed by atoms with Crippen LogP contribution in [0.1, 0.15) is 21.5 Å². The van der Waals surface area contributed by atoms with Gasteiger partial charge in [-0.05, 0) is 61.4 Å². The highest BCUT2D eigenvalue weighted by Crippen LogP contribution is 2.32. The summed E-state index contributed by atoms with van der Waals surface area (Å²) in [6, 6.07) is 16.2. The molecular formula is C23H22N4O2S. The van der Waals surface area contributed by atoms with Crippen LogP contribution >= 0.6 is 11.8 Å². The van der Waals surface area contributed by atoms with Gasteiger partial charge >= 0.3 is 6.03 Å². The molecule has 0 saturated carbocycles. The zero-order valence-corrected chi connectivity index (χ0v) is 17.6. The number of fused-ring (bicyclic) bond motifs is 1. The lowest BCUT2D eigenvalue weighted by Crippen LogP contribution is -2.38. The number of urea groups is 1. The molecular weight excluding hydrogens is 396 g/mol. The number of hydrogen-bond acceptors (Lipinski definition) is 4. The molecule has 3 aromatic rings. The van der Waals surface area contributed by atoms with E-state index in [1.54, 1.807) is 47.1 Å². The van der Waals surface area contributed by atoms with Gasteiger partial charge in [0.05, 0.1) is 5.69 Å². The van der Waals surface area contributed by atoms with Gasteiger partial charge in [-0.3, -0.25) is 9.69 Å². The van der Waals surface area contributed by atoms with Crippen molar-refractivity contribution in [2.75, 3.05) is 27.8 Å². The molecule has 0 fully saturated rings. The van der Waals surface area contributed by atoms with Crippen molar-refractivity contribution in [3.05, 3.63) is 77.5 Å². The van der Waals surface area contributed by atoms with E-state index < -0.39 is 0 Å². The molecule has 2 N–H and O–H groups in total. The number of anilines is 3. The Hall–Kier alpha value is -3.32. The molecule has 0 atom stereocenters. The molecule has 152 valence electrons. The minimum atomic E-state index is -0.239. The minimum Gasteiger partial charge on any atom is -0.322 e. The van der Waals surface area contributed by atoms with Crippen LogP contribution in [0.5, 0.6) is 0 Å². The van der Waals surface area contributed by atoms with Crippen molar-refractivity contribution in [1.82, 2.24) is 4.98 Å². The zero-order chi connectivity index (χ0) is 21.1. The van der Waals surface area contributed by atoms with E-state index in [-0.39, 0.29) is 11.9 Å². The first-order valence-corrected chi connectivity index (χ1v) is 10.7. The fourth-order valence-electron chi connectivity index (χ4n) is 3.27. The molecule has 4 rings (SSSR count). The molecule has 0 unspecified atom stereocenters. The van der Waals surface area contributed by atoms with E-state index in [1.165, 1.54) is 0 Å². The first-order chi connectivity index (χ1) is 14.5. The molecule has 3 amide bonds. The maximum Gasteiger partial charge on any atom is 0.326 e. The highest BCUT2D eigenvalue weighted by Gasteiger charge is 2.23. The second-order valence-corrected chi connectivity index (χ2v) is 8.12. The van der Waals surface area contributed by atoms with Gasteiger partial charge in [0.2, 0.25) is 0 Å². The summed E-state index contributed by atoms with van der Waals surface area (Å²) in [5.41, 5.74) is 4.77. The van der Waals surface area contributed by atoms with Crippen LogP contribution in [0.25, 0.3) is 0 Å². The van der Waals surface area contributed by atoms with E-state index in [0.717, 1.165) is 33.3 Å². The van der Waals surface area contributed by atoms with E-state index in [9.17, 15) is 9.59 Å². The molecule has 30 heavy (non-hydrogen) atoms. The summed E-state index contributed by atoms with van der Waals surface area (Å²) in [6.07, 6.45) is 1.73. The van der Waals surface area contributed by atoms with Crippen molar-refractivity contribution >= 4 is 40.8 Å². The van der Waals surface area contributed by atoms with Crippen molar-refractivity contribution in [2.45, 2.75) is 18.9 Å². The molecule has 1 aliphatic rings. The summed E-state index contributed by atoms with van der Waals surface area (Å²) in [5, 5.41) is 6.70. The van der Waals surface area contributed by atoms with E-state index in [4.69, 9.17) is 0 Å². The highest BCUT2D eigenvalue weighted by atomic mass is 32.2. The second kappa shape index (κ2) is 8.59. The highest BCUT2D eigenvalue weighted by molar-refractivity contribution is 7.99. The van der Waals surface area contributed by atoms with E-state index in [1.807, 2.05) is 44.2 Å². The Morgan fingerprint density at radius 2 is 1.87 bits per heavy atom. The van der Waals surface area contributed by atoms with Crippen LogP contribution in [-0.2, 0) is 0 Å². The molecule has 0 bridgehead atoms. The maximum absolute atomic E-state index is 12.9. The van der Waals surface area contributed by atoms with Gasteiger partial charge in [0.15, 0.2) is 0 Å². The van der Waals surface area contributed by atoms with Crippen LogP contribution in [0.3, 0.4) is 0 Å². The average molecular weight is 419 g/mol. The summed E-state index contributed by atoms with van der Waals surface area (Å²) in [4.78, 5) is 31.6. The third-order valence-electron chi connectivity index (χ3n) is 5.07. The Bertz CT molecular complexity index is 1120. The summed E-state index contributed by atoms with van der Waals surface area (Å²) in [7, 11) is 0. The molecule has 0 spiro atoms. The average Bonchev–Trinajstić information content (AvgIpc) is 2.76. The number of rotatable bonds is 3. The van der Waals surface area contributed by atoms with Gasteiger partial charge in [-0.1, -0.05) is 18.2 Å². The van der Waals surface area contributed by atoms with Crippen LogP contribution in [0.4, 0.5) is 21.9 Å². The third-order valence-corrected chi connectivity index (χ3v) is 6.04. The number of hydrogen-bond donors (Lipinski definition) is 2. The third kappa shape index (κ3) is 4.16. The van der Waals surface area contributed by atoms with Crippen LogP contribution < -0.4 is 15.5 Å². The number of nitrogens with one attached hydrogen (secondary N) is 2. The maximum atomic E-state index is 12.9. The second-order valence-electron chi connectivity index (χ2n) is 7.04. The standard InChI is InChI=1S/C23H22N4O2S/c1-15-6-3-9-19(16(15)2)26-21(28)17-7-4-8-18(14-17)25-23(29)27-12-13-30-22-20(27)10-5-11-24-22/h3-11,14H,12-13H2,1-2H3,(H,25,29)(H,26,28). The van der Waals surface area contributed by atoms with Crippen molar-refractivity contribution in [1.29, 1.82) is 0 Å². The van der Waals surface area contributed by atoms with Crippen LogP contribution in [-0.4, -0.2) is 29.2 Å². The predicted octanol–water partition coefficient (Wildman–Crippen LogP) is 5.09. The molecule has 0 saturated heterocycles. The number of carbonyl (C=O) groups excluding carboxylic acids is 2. The van der Waals surface area contributed by atoms with Gasteiger partial charge < -0.3 is 10.6 Å². The minimum absolute atomic E-state index is 0.219. The summed E-state index contributed by atoms with van der Waals surface area (Å²) < 4.78 is 0. The number of carbonyl (C=O) groups is 2. The fourth-order valence-corrected chi connectivity index (χ4v) is 4.20. The molecule has 1 aromatic heterocycles. The van der Waals surface area contributed by atoms with Gasteiger partial charge in [-0.25, -0.2) is 9.78 Å². The number of aromatic nitrogens is 1. The molecule has 2 heterocycles. The SMILES string of the molecule is Cc1cccc(NC(=O)c2cccc(NC(=O)N3CCSc4ncccc43)c2)c1C. The first-order valence-electron chi connectivity index (χ1n) is 9.67. The van der Waals surface area contributed by atoms with Gasteiger partial charge in [0, 0.05) is 35.4 Å². The van der Waals surface area contributed by atoms with E-state index in [2.05, 4.69) is 15.6 Å². The van der Waals surface area contributed by atoms with Crippen molar-refractivity contribution in [2.24, 2.45) is 0 Å². The Morgan fingerprint density at radius 1 is 1.03 bits per heavy atom. The monoisotopic (exact) mass is 418 g/mol. The van der Waals surface area contributed by atoms with Gasteiger partial charge in [-0.15, -0.1) is 11.8 Å². The molecule has 0 aliphatic carbocycles. The molecule has 2 aromatic carbocycles.